The molecule has 11 heteroatoms. The first kappa shape index (κ1) is 29.1. The van der Waals surface area contributed by atoms with E-state index in [4.69, 9.17) is 38.0 Å². The molecule has 0 aliphatic carbocycles. The number of aromatic nitrogens is 3. The Morgan fingerprint density at radius 1 is 1.02 bits per heavy atom. The lowest BCUT2D eigenvalue weighted by atomic mass is 9.93. The average molecular weight is 612 g/mol. The number of carboxylic acids is 1. The fourth-order valence-electron chi connectivity index (χ4n) is 6.67. The van der Waals surface area contributed by atoms with E-state index >= 15 is 0 Å². The number of carbonyl (C=O) groups is 1. The van der Waals surface area contributed by atoms with Gasteiger partial charge in [-0.2, -0.15) is 0 Å². The maximum absolute atomic E-state index is 11.1. The number of aliphatic carboxylic acids is 1. The lowest BCUT2D eigenvalue weighted by Gasteiger charge is -2.31. The number of rotatable bonds is 8. The molecule has 3 fully saturated rings. The molecule has 0 saturated carbocycles. The molecule has 9 nitrogen and oxygen atoms in total. The highest BCUT2D eigenvalue weighted by atomic mass is 35.5. The van der Waals surface area contributed by atoms with Crippen molar-refractivity contribution in [3.8, 4) is 22.9 Å². The number of carboxylic acid groups (broad SMARTS) is 1. The van der Waals surface area contributed by atoms with Crippen LogP contribution >= 0.6 is 23.2 Å². The number of hydrogen-bond acceptors (Lipinski definition) is 8. The van der Waals surface area contributed by atoms with Crippen molar-refractivity contribution < 1.29 is 14.6 Å². The SMILES string of the molecule is CN1CCCC12CCN(c1ncc(Oc3cc(CN4CCC(CC(=O)O)CC4)cc(-c4cc(Cl)cc(Cl)c4)n3)cn1)C2. The van der Waals surface area contributed by atoms with Gasteiger partial charge in [-0.05, 0) is 94.5 Å². The Balaban J connectivity index is 1.19. The Morgan fingerprint density at radius 2 is 1.76 bits per heavy atom. The Labute approximate surface area is 256 Å². The summed E-state index contributed by atoms with van der Waals surface area (Å²) in [5, 5.41) is 10.2. The molecule has 5 heterocycles. The van der Waals surface area contributed by atoms with Crippen molar-refractivity contribution in [1.29, 1.82) is 0 Å². The number of likely N-dealkylation sites (N-methyl/N-ethyl adjacent to an activating group) is 1. The second kappa shape index (κ2) is 12.3. The number of nitrogens with zero attached hydrogens (tertiary/aromatic N) is 6. The van der Waals surface area contributed by atoms with Gasteiger partial charge in [0.1, 0.15) is 0 Å². The molecule has 6 rings (SSSR count). The van der Waals surface area contributed by atoms with Gasteiger partial charge in [0.2, 0.25) is 11.8 Å². The molecular formula is C31H36Cl2N6O3. The summed E-state index contributed by atoms with van der Waals surface area (Å²) < 4.78 is 6.21. The highest BCUT2D eigenvalue weighted by molar-refractivity contribution is 6.35. The van der Waals surface area contributed by atoms with Crippen LogP contribution in [0, 0.1) is 5.92 Å². The summed E-state index contributed by atoms with van der Waals surface area (Å²) in [4.78, 5) is 32.3. The van der Waals surface area contributed by atoms with Crippen LogP contribution < -0.4 is 9.64 Å². The average Bonchev–Trinajstić information content (AvgIpc) is 3.55. The van der Waals surface area contributed by atoms with Crippen LogP contribution in [0.15, 0.2) is 42.7 Å². The Bertz CT molecular complexity index is 1410. The fraction of sp³-hybridized carbons (Fsp3) is 0.484. The Morgan fingerprint density at radius 3 is 2.43 bits per heavy atom. The Hall–Kier alpha value is -2.98. The van der Waals surface area contributed by atoms with Gasteiger partial charge in [-0.25, -0.2) is 15.0 Å². The third kappa shape index (κ3) is 6.64. The molecule has 3 aliphatic heterocycles. The molecule has 1 atom stereocenters. The van der Waals surface area contributed by atoms with E-state index in [1.165, 1.54) is 12.8 Å². The van der Waals surface area contributed by atoms with E-state index in [9.17, 15) is 4.79 Å². The lowest BCUT2D eigenvalue weighted by Crippen LogP contribution is -2.43. The first-order valence-electron chi connectivity index (χ1n) is 14.6. The van der Waals surface area contributed by atoms with Gasteiger partial charge >= 0.3 is 5.97 Å². The van der Waals surface area contributed by atoms with Crippen LogP contribution in [0.4, 0.5) is 5.95 Å². The highest BCUT2D eigenvalue weighted by Gasteiger charge is 2.44. The van der Waals surface area contributed by atoms with Crippen molar-refractivity contribution in [3.63, 3.8) is 0 Å². The molecule has 3 saturated heterocycles. The third-order valence-electron chi connectivity index (χ3n) is 8.99. The minimum Gasteiger partial charge on any atom is -0.481 e. The van der Waals surface area contributed by atoms with E-state index in [-0.39, 0.29) is 17.9 Å². The van der Waals surface area contributed by atoms with Crippen molar-refractivity contribution in [2.75, 3.05) is 44.7 Å². The van der Waals surface area contributed by atoms with Gasteiger partial charge in [0, 0.05) is 53.3 Å². The van der Waals surface area contributed by atoms with Crippen LogP contribution in [0.2, 0.25) is 10.0 Å². The zero-order valence-electron chi connectivity index (χ0n) is 23.8. The summed E-state index contributed by atoms with van der Waals surface area (Å²) >= 11 is 12.6. The molecule has 3 aromatic rings. The van der Waals surface area contributed by atoms with Gasteiger partial charge in [0.05, 0.1) is 18.1 Å². The van der Waals surface area contributed by atoms with Gasteiger partial charge in [0.25, 0.3) is 0 Å². The van der Waals surface area contributed by atoms with E-state index in [0.717, 1.165) is 69.1 Å². The van der Waals surface area contributed by atoms with E-state index in [2.05, 4.69) is 31.7 Å². The van der Waals surface area contributed by atoms with Crippen molar-refractivity contribution in [2.45, 2.75) is 50.6 Å². The van der Waals surface area contributed by atoms with Crippen LogP contribution in [0.25, 0.3) is 11.3 Å². The molecule has 42 heavy (non-hydrogen) atoms. The number of anilines is 1. The monoisotopic (exact) mass is 610 g/mol. The van der Waals surface area contributed by atoms with Crippen LogP contribution in [0.3, 0.4) is 0 Å². The molecule has 1 unspecified atom stereocenters. The summed E-state index contributed by atoms with van der Waals surface area (Å²) in [5.74, 6) is 1.18. The zero-order chi connectivity index (χ0) is 29.3. The summed E-state index contributed by atoms with van der Waals surface area (Å²) in [5.41, 5.74) is 2.77. The molecule has 0 bridgehead atoms. The number of piperidine rings is 1. The van der Waals surface area contributed by atoms with Crippen molar-refractivity contribution >= 4 is 35.1 Å². The summed E-state index contributed by atoms with van der Waals surface area (Å²) in [6.45, 7) is 5.44. The number of likely N-dealkylation sites (tertiary alicyclic amines) is 2. The molecule has 0 radical (unpaired) electrons. The quantitative estimate of drug-likeness (QED) is 0.329. The van der Waals surface area contributed by atoms with Crippen molar-refractivity contribution in [2.24, 2.45) is 5.92 Å². The standard InChI is InChI=1S/C31H36Cl2N6O3/c1-37-7-2-5-31(37)6-10-39(20-31)30-34-17-26(18-35-30)42-28-12-22(19-38-8-3-21(4-9-38)13-29(40)41)11-27(36-28)23-14-24(32)16-25(33)15-23/h11-12,14-18,21H,2-10,13,19-20H2,1H3,(H,40,41). The van der Waals surface area contributed by atoms with E-state index in [0.29, 0.717) is 33.9 Å². The third-order valence-corrected chi connectivity index (χ3v) is 9.43. The summed E-state index contributed by atoms with van der Waals surface area (Å²) in [6, 6.07) is 9.33. The molecular weight excluding hydrogens is 575 g/mol. The van der Waals surface area contributed by atoms with Crippen LogP contribution in [0.5, 0.6) is 11.6 Å². The van der Waals surface area contributed by atoms with Crippen molar-refractivity contribution in [1.82, 2.24) is 24.8 Å². The molecule has 222 valence electrons. The number of halogens is 2. The predicted molar refractivity (Wildman–Crippen MR) is 163 cm³/mol. The summed E-state index contributed by atoms with van der Waals surface area (Å²) in [6.07, 6.45) is 9.00. The van der Waals surface area contributed by atoms with Crippen molar-refractivity contribution in [3.05, 3.63) is 58.3 Å². The molecule has 2 aromatic heterocycles. The fourth-order valence-corrected chi connectivity index (χ4v) is 7.19. The second-order valence-corrected chi connectivity index (χ2v) is 12.8. The molecule has 1 aromatic carbocycles. The molecule has 3 aliphatic rings. The van der Waals surface area contributed by atoms with E-state index in [1.54, 1.807) is 18.5 Å². The smallest absolute Gasteiger partial charge is 0.303 e. The van der Waals surface area contributed by atoms with Crippen LogP contribution in [0.1, 0.15) is 44.1 Å². The normalized spacial score (nSPS) is 21.8. The van der Waals surface area contributed by atoms with E-state index in [1.807, 2.05) is 24.3 Å². The zero-order valence-corrected chi connectivity index (χ0v) is 25.3. The van der Waals surface area contributed by atoms with Gasteiger partial charge in [-0.1, -0.05) is 23.2 Å². The Kier molecular flexibility index (Phi) is 8.54. The second-order valence-electron chi connectivity index (χ2n) is 11.9. The first-order valence-corrected chi connectivity index (χ1v) is 15.4. The van der Waals surface area contributed by atoms with Crippen LogP contribution in [-0.2, 0) is 11.3 Å². The largest absolute Gasteiger partial charge is 0.481 e. The minimum atomic E-state index is -0.725. The molecule has 0 amide bonds. The maximum atomic E-state index is 11.1. The number of ether oxygens (including phenoxy) is 1. The minimum absolute atomic E-state index is 0.229. The van der Waals surface area contributed by atoms with E-state index < -0.39 is 5.97 Å². The van der Waals surface area contributed by atoms with Gasteiger partial charge in [-0.3, -0.25) is 14.6 Å². The van der Waals surface area contributed by atoms with Gasteiger partial charge in [-0.15, -0.1) is 0 Å². The van der Waals surface area contributed by atoms with Gasteiger partial charge < -0.3 is 14.7 Å². The first-order chi connectivity index (χ1) is 20.2. The number of benzene rings is 1. The number of pyridine rings is 1. The number of hydrogen-bond donors (Lipinski definition) is 1. The lowest BCUT2D eigenvalue weighted by molar-refractivity contribution is -0.138. The maximum Gasteiger partial charge on any atom is 0.303 e. The topological polar surface area (TPSA) is 94.9 Å². The highest BCUT2D eigenvalue weighted by Crippen LogP contribution is 2.38. The predicted octanol–water partition coefficient (Wildman–Crippen LogP) is 6.00. The summed E-state index contributed by atoms with van der Waals surface area (Å²) in [7, 11) is 2.22. The molecule has 1 spiro atoms. The van der Waals surface area contributed by atoms with Crippen LogP contribution in [-0.4, -0.2) is 81.1 Å². The van der Waals surface area contributed by atoms with Gasteiger partial charge in [0.15, 0.2) is 5.75 Å². The molecule has 1 N–H and O–H groups in total.